The van der Waals surface area contributed by atoms with E-state index in [9.17, 15) is 28.7 Å². The van der Waals surface area contributed by atoms with Crippen LogP contribution in [-0.4, -0.2) is 44.7 Å². The number of carbonyl (C=O) groups is 5. The number of nitrogens with one attached hydrogen (secondary N) is 1. The van der Waals surface area contributed by atoms with Gasteiger partial charge in [-0.25, -0.2) is 9.18 Å². The van der Waals surface area contributed by atoms with E-state index in [1.807, 2.05) is 24.3 Å². The number of phenolic OH excluding ortho intramolecular Hbond substituents is 1. The summed E-state index contributed by atoms with van der Waals surface area (Å²) < 4.78 is 13.8. The number of hydrogen-bond donors (Lipinski definition) is 3. The van der Waals surface area contributed by atoms with E-state index in [1.165, 1.54) is 30.3 Å². The normalized spacial score (nSPS) is 27.6. The molecule has 4 aliphatic rings. The molecule has 2 aliphatic heterocycles. The van der Waals surface area contributed by atoms with E-state index in [0.717, 1.165) is 10.4 Å². The predicted octanol–water partition coefficient (Wildman–Crippen LogP) is 5.40. The molecule has 0 spiro atoms. The van der Waals surface area contributed by atoms with Gasteiger partial charge in [0.05, 0.1) is 28.9 Å². The van der Waals surface area contributed by atoms with Crippen molar-refractivity contribution in [3.8, 4) is 5.75 Å². The van der Waals surface area contributed by atoms with Crippen molar-refractivity contribution >= 4 is 57.7 Å². The number of hydrazine groups is 1. The Balaban J connectivity index is 1.42. The van der Waals surface area contributed by atoms with Gasteiger partial charge in [-0.05, 0) is 77.6 Å². The van der Waals surface area contributed by atoms with Crippen LogP contribution >= 0.6 is 11.6 Å². The summed E-state index contributed by atoms with van der Waals surface area (Å²) in [5.74, 6) is -8.15. The van der Waals surface area contributed by atoms with Crippen LogP contribution in [0.15, 0.2) is 96.6 Å². The van der Waals surface area contributed by atoms with Crippen LogP contribution < -0.4 is 11.2 Å². The molecule has 6 atom stereocenters. The number of amides is 6. The Morgan fingerprint density at radius 1 is 0.898 bits per heavy atom. The molecule has 0 radical (unpaired) electrons. The minimum Gasteiger partial charge on any atom is -0.508 e. The number of nitrogens with zero attached hydrogens (tertiary/aromatic N) is 2. The van der Waals surface area contributed by atoms with E-state index in [2.05, 4.69) is 5.43 Å². The van der Waals surface area contributed by atoms with Gasteiger partial charge in [0.2, 0.25) is 11.8 Å². The summed E-state index contributed by atoms with van der Waals surface area (Å²) in [5, 5.41) is 14.5. The van der Waals surface area contributed by atoms with Gasteiger partial charge in [-0.1, -0.05) is 65.7 Å². The van der Waals surface area contributed by atoms with Crippen LogP contribution in [0.5, 0.6) is 5.75 Å². The number of rotatable bonds is 4. The van der Waals surface area contributed by atoms with Crippen LogP contribution in [0.1, 0.15) is 29.9 Å². The molecule has 10 nitrogen and oxygen atoms in total. The standard InChI is InChI=1S/C37H28ClFN4O6/c38-20-8-6-19(7-9-20)37-27(33(46)43(35(37)48)41-22-12-10-21(39)11-13-22)17-26-24(14-15-25-29(26)34(47)42(32(25)45)36(40)49)31(37)30-23-4-2-1-3-18(23)5-16-28(30)44/h1-14,16,25-27,29,31,41,44H,15,17H2,(H2,40,49)/t25-,26+,27-,29-,31+,37+/m0/s1. The first kappa shape index (κ1) is 30.8. The third-order valence-electron chi connectivity index (χ3n) is 10.7. The van der Waals surface area contributed by atoms with E-state index in [4.69, 9.17) is 17.3 Å². The molecule has 3 fully saturated rings. The molecule has 4 aromatic rings. The third-order valence-corrected chi connectivity index (χ3v) is 11.0. The zero-order valence-electron chi connectivity index (χ0n) is 25.7. The zero-order valence-corrected chi connectivity index (χ0v) is 26.4. The highest BCUT2D eigenvalue weighted by molar-refractivity contribution is 6.30. The second kappa shape index (κ2) is 11.0. The molecule has 2 aliphatic carbocycles. The zero-order chi connectivity index (χ0) is 34.4. The van der Waals surface area contributed by atoms with Gasteiger partial charge >= 0.3 is 6.03 Å². The van der Waals surface area contributed by atoms with Gasteiger partial charge in [-0.15, -0.1) is 0 Å². The smallest absolute Gasteiger partial charge is 0.328 e. The Kier molecular flexibility index (Phi) is 6.90. The van der Waals surface area contributed by atoms with Crippen LogP contribution in [-0.2, 0) is 24.6 Å². The average molecular weight is 679 g/mol. The number of urea groups is 1. The molecule has 2 saturated heterocycles. The molecule has 4 aromatic carbocycles. The number of benzene rings is 4. The lowest BCUT2D eigenvalue weighted by Crippen LogP contribution is -2.53. The lowest BCUT2D eigenvalue weighted by Gasteiger charge is -2.51. The first-order valence-electron chi connectivity index (χ1n) is 15.8. The summed E-state index contributed by atoms with van der Waals surface area (Å²) in [5.41, 5.74) is 8.40. The molecule has 0 bridgehead atoms. The number of primary amides is 1. The van der Waals surface area contributed by atoms with E-state index in [0.29, 0.717) is 32.0 Å². The maximum atomic E-state index is 15.3. The number of imide groups is 4. The predicted molar refractivity (Wildman–Crippen MR) is 176 cm³/mol. The fraction of sp³-hybridized carbons (Fsp3) is 0.216. The van der Waals surface area contributed by atoms with Gasteiger partial charge in [0.25, 0.3) is 11.8 Å². The largest absolute Gasteiger partial charge is 0.508 e. The minimum atomic E-state index is -1.68. The number of hydrogen-bond acceptors (Lipinski definition) is 7. The summed E-state index contributed by atoms with van der Waals surface area (Å²) in [6, 6.07) is 21.2. The molecular weight excluding hydrogens is 651 g/mol. The first-order chi connectivity index (χ1) is 23.5. The Morgan fingerprint density at radius 3 is 2.33 bits per heavy atom. The van der Waals surface area contributed by atoms with Gasteiger partial charge in [0.1, 0.15) is 11.6 Å². The lowest BCUT2D eigenvalue weighted by atomic mass is 9.48. The van der Waals surface area contributed by atoms with Gasteiger partial charge in [-0.3, -0.25) is 24.6 Å². The maximum Gasteiger partial charge on any atom is 0.328 e. The van der Waals surface area contributed by atoms with Crippen molar-refractivity contribution in [2.75, 3.05) is 5.43 Å². The van der Waals surface area contributed by atoms with Crippen molar-refractivity contribution in [2.24, 2.45) is 29.4 Å². The number of likely N-dealkylation sites (tertiary alicyclic amines) is 1. The number of aromatic hydroxyl groups is 1. The Bertz CT molecular complexity index is 2150. The number of allylic oxidation sites excluding steroid dienone is 2. The van der Waals surface area contributed by atoms with Crippen LogP contribution in [0, 0.1) is 29.5 Å². The highest BCUT2D eigenvalue weighted by Gasteiger charge is 2.71. The summed E-state index contributed by atoms with van der Waals surface area (Å²) in [7, 11) is 0. The second-order valence-electron chi connectivity index (χ2n) is 12.9. The molecule has 246 valence electrons. The van der Waals surface area contributed by atoms with Crippen molar-refractivity contribution in [1.29, 1.82) is 0 Å². The second-order valence-corrected chi connectivity index (χ2v) is 13.4. The molecule has 4 N–H and O–H groups in total. The van der Waals surface area contributed by atoms with Gasteiger partial charge < -0.3 is 10.8 Å². The van der Waals surface area contributed by atoms with Gasteiger partial charge in [0, 0.05) is 16.5 Å². The van der Waals surface area contributed by atoms with Crippen molar-refractivity contribution in [3.63, 3.8) is 0 Å². The van der Waals surface area contributed by atoms with E-state index < -0.39 is 70.5 Å². The van der Waals surface area contributed by atoms with Crippen molar-refractivity contribution in [2.45, 2.75) is 24.2 Å². The molecule has 49 heavy (non-hydrogen) atoms. The summed E-state index contributed by atoms with van der Waals surface area (Å²) >= 11 is 6.33. The monoisotopic (exact) mass is 678 g/mol. The fourth-order valence-corrected chi connectivity index (χ4v) is 8.90. The molecule has 1 saturated carbocycles. The number of halogens is 2. The molecule has 12 heteroatoms. The van der Waals surface area contributed by atoms with Crippen molar-refractivity contribution in [1.82, 2.24) is 9.91 Å². The number of phenols is 1. The Hall–Kier alpha value is -5.55. The van der Waals surface area contributed by atoms with Crippen molar-refractivity contribution < 1.29 is 33.5 Å². The van der Waals surface area contributed by atoms with Gasteiger partial charge in [-0.2, -0.15) is 9.91 Å². The van der Waals surface area contributed by atoms with Crippen molar-refractivity contribution in [3.05, 3.63) is 119 Å². The SMILES string of the molecule is NC(=O)N1C(=O)[C@H]2[C@H](CC=C3[C@H]2C[C@H]2C(=O)N(Nc4ccc(F)cc4)C(=O)[C@@]2(c2ccc(Cl)cc2)[C@H]3c2c(O)ccc3ccccc23)C1=O. The molecular formula is C37H28ClFN4O6. The average Bonchev–Trinajstić information content (AvgIpc) is 3.47. The molecule has 2 heterocycles. The van der Waals surface area contributed by atoms with Crippen LogP contribution in [0.2, 0.25) is 5.02 Å². The maximum absolute atomic E-state index is 15.3. The highest BCUT2D eigenvalue weighted by atomic mass is 35.5. The molecule has 0 unspecified atom stereocenters. The van der Waals surface area contributed by atoms with Crippen LogP contribution in [0.3, 0.4) is 0 Å². The molecule has 0 aromatic heterocycles. The topological polar surface area (TPSA) is 150 Å². The summed E-state index contributed by atoms with van der Waals surface area (Å²) in [6.45, 7) is 0. The Morgan fingerprint density at radius 2 is 1.61 bits per heavy atom. The summed E-state index contributed by atoms with van der Waals surface area (Å²) in [6.07, 6.45) is 1.86. The third kappa shape index (κ3) is 4.28. The number of carbonyl (C=O) groups excluding carboxylic acids is 5. The van der Waals surface area contributed by atoms with E-state index >= 15 is 4.79 Å². The lowest BCUT2D eigenvalue weighted by molar-refractivity contribution is -0.139. The Labute approximate surface area is 283 Å². The quantitative estimate of drug-likeness (QED) is 0.193. The number of nitrogens with two attached hydrogens (primary N) is 1. The fourth-order valence-electron chi connectivity index (χ4n) is 8.77. The minimum absolute atomic E-state index is 0.0323. The van der Waals surface area contributed by atoms with Gasteiger partial charge in [0.15, 0.2) is 0 Å². The first-order valence-corrected chi connectivity index (χ1v) is 16.2. The highest BCUT2D eigenvalue weighted by Crippen LogP contribution is 2.65. The molecule has 6 amide bonds. The molecule has 8 rings (SSSR count). The summed E-state index contributed by atoms with van der Waals surface area (Å²) in [4.78, 5) is 69.9. The van der Waals surface area contributed by atoms with E-state index in [1.54, 1.807) is 36.4 Å². The van der Waals surface area contributed by atoms with E-state index in [-0.39, 0.29) is 24.3 Å². The number of anilines is 1. The number of fused-ring (bicyclic) bond motifs is 5. The van der Waals surface area contributed by atoms with Crippen LogP contribution in [0.25, 0.3) is 10.8 Å². The van der Waals surface area contributed by atoms with Crippen LogP contribution in [0.4, 0.5) is 14.9 Å².